The molecule has 0 bridgehead atoms. The predicted octanol–water partition coefficient (Wildman–Crippen LogP) is 4.36. The SMILES string of the molecule is CC(C(=O)OCn1ccc2c(-c3cn[nH]c3)ncnc21)c1cccc(C(=O)c2ccccc2)c1. The fourth-order valence-electron chi connectivity index (χ4n) is 3.82. The maximum Gasteiger partial charge on any atom is 0.314 e. The second-order valence-electron chi connectivity index (χ2n) is 7.87. The molecule has 5 aromatic rings. The van der Waals surface area contributed by atoms with E-state index in [0.717, 1.165) is 16.6 Å². The first-order valence-corrected chi connectivity index (χ1v) is 10.8. The van der Waals surface area contributed by atoms with Crippen molar-refractivity contribution in [1.82, 2.24) is 24.7 Å². The van der Waals surface area contributed by atoms with Crippen LogP contribution in [0.15, 0.2) is 85.6 Å². The van der Waals surface area contributed by atoms with Crippen LogP contribution in [0.5, 0.6) is 0 Å². The van der Waals surface area contributed by atoms with Crippen molar-refractivity contribution in [1.29, 1.82) is 0 Å². The number of aromatic nitrogens is 5. The van der Waals surface area contributed by atoms with E-state index in [9.17, 15) is 9.59 Å². The Morgan fingerprint density at radius 3 is 2.65 bits per heavy atom. The van der Waals surface area contributed by atoms with Gasteiger partial charge in [0, 0.05) is 34.5 Å². The van der Waals surface area contributed by atoms with Crippen molar-refractivity contribution in [2.75, 3.05) is 0 Å². The monoisotopic (exact) mass is 451 g/mol. The summed E-state index contributed by atoms with van der Waals surface area (Å²) in [4.78, 5) is 34.3. The lowest BCUT2D eigenvalue weighted by atomic mass is 9.96. The van der Waals surface area contributed by atoms with Crippen LogP contribution in [0, 0.1) is 0 Å². The summed E-state index contributed by atoms with van der Waals surface area (Å²) in [5, 5.41) is 7.59. The van der Waals surface area contributed by atoms with Crippen molar-refractivity contribution >= 4 is 22.8 Å². The Labute approximate surface area is 195 Å². The van der Waals surface area contributed by atoms with Crippen LogP contribution in [0.4, 0.5) is 0 Å². The second kappa shape index (κ2) is 9.11. The molecule has 2 aromatic carbocycles. The zero-order valence-electron chi connectivity index (χ0n) is 18.4. The lowest BCUT2D eigenvalue weighted by Gasteiger charge is -2.14. The Bertz CT molecular complexity index is 1460. The molecule has 0 saturated carbocycles. The third-order valence-corrected chi connectivity index (χ3v) is 5.71. The first-order valence-electron chi connectivity index (χ1n) is 10.8. The molecular formula is C26H21N5O3. The van der Waals surface area contributed by atoms with Gasteiger partial charge in [-0.05, 0) is 24.6 Å². The maximum absolute atomic E-state index is 12.8. The molecule has 0 saturated heterocycles. The van der Waals surface area contributed by atoms with Crippen molar-refractivity contribution < 1.29 is 14.3 Å². The van der Waals surface area contributed by atoms with Crippen LogP contribution < -0.4 is 0 Å². The van der Waals surface area contributed by atoms with Gasteiger partial charge in [0.2, 0.25) is 0 Å². The summed E-state index contributed by atoms with van der Waals surface area (Å²) in [6.45, 7) is 1.78. The number of carbonyl (C=O) groups is 2. The number of nitrogens with zero attached hydrogens (tertiary/aromatic N) is 4. The van der Waals surface area contributed by atoms with Crippen molar-refractivity contribution in [2.24, 2.45) is 0 Å². The van der Waals surface area contributed by atoms with E-state index in [2.05, 4.69) is 20.2 Å². The van der Waals surface area contributed by atoms with Gasteiger partial charge in [0.25, 0.3) is 0 Å². The van der Waals surface area contributed by atoms with E-state index < -0.39 is 11.9 Å². The zero-order valence-corrected chi connectivity index (χ0v) is 18.4. The van der Waals surface area contributed by atoms with Gasteiger partial charge in [-0.25, -0.2) is 9.97 Å². The number of H-pyrrole nitrogens is 1. The number of hydrogen-bond acceptors (Lipinski definition) is 6. The summed E-state index contributed by atoms with van der Waals surface area (Å²) >= 11 is 0. The fraction of sp³-hybridized carbons (Fsp3) is 0.115. The van der Waals surface area contributed by atoms with Crippen LogP contribution in [0.25, 0.3) is 22.3 Å². The van der Waals surface area contributed by atoms with E-state index >= 15 is 0 Å². The average molecular weight is 451 g/mol. The number of ether oxygens (including phenoxy) is 1. The van der Waals surface area contributed by atoms with Gasteiger partial charge >= 0.3 is 5.97 Å². The van der Waals surface area contributed by atoms with Crippen LogP contribution in [0.1, 0.15) is 34.3 Å². The summed E-state index contributed by atoms with van der Waals surface area (Å²) in [5.41, 5.74) is 4.10. The highest BCUT2D eigenvalue weighted by Gasteiger charge is 2.20. The summed E-state index contributed by atoms with van der Waals surface area (Å²) < 4.78 is 7.34. The smallest absolute Gasteiger partial charge is 0.314 e. The number of ketones is 1. The number of carbonyl (C=O) groups excluding carboxylic acids is 2. The largest absolute Gasteiger partial charge is 0.443 e. The Balaban J connectivity index is 1.31. The first kappa shape index (κ1) is 21.3. The molecule has 1 atom stereocenters. The molecule has 0 aliphatic rings. The number of esters is 1. The number of nitrogens with one attached hydrogen (secondary N) is 1. The van der Waals surface area contributed by atoms with Crippen LogP contribution in [0.3, 0.4) is 0 Å². The molecule has 0 aliphatic heterocycles. The topological polar surface area (TPSA) is 103 Å². The number of aromatic amines is 1. The van der Waals surface area contributed by atoms with Crippen molar-refractivity contribution in [3.05, 3.63) is 102 Å². The lowest BCUT2D eigenvalue weighted by molar-refractivity contribution is -0.148. The highest BCUT2D eigenvalue weighted by molar-refractivity contribution is 6.09. The predicted molar refractivity (Wildman–Crippen MR) is 126 cm³/mol. The molecule has 0 aliphatic carbocycles. The van der Waals surface area contributed by atoms with Gasteiger partial charge < -0.3 is 4.74 Å². The standard InChI is InChI=1S/C26H21N5O3/c1-17(19-8-5-9-20(12-19)24(32)18-6-3-2-4-7-18)26(33)34-16-31-11-10-22-23(21-13-29-30-14-21)27-15-28-25(22)31/h2-15,17H,16H2,1H3,(H,29,30). The van der Waals surface area contributed by atoms with Crippen molar-refractivity contribution in [3.63, 3.8) is 0 Å². The minimum Gasteiger partial charge on any atom is -0.443 e. The van der Waals surface area contributed by atoms with Gasteiger partial charge in [0.1, 0.15) is 12.0 Å². The minimum absolute atomic E-state index is 0.0111. The molecule has 34 heavy (non-hydrogen) atoms. The highest BCUT2D eigenvalue weighted by Crippen LogP contribution is 2.26. The molecule has 0 radical (unpaired) electrons. The van der Waals surface area contributed by atoms with E-state index in [-0.39, 0.29) is 12.5 Å². The molecular weight excluding hydrogens is 430 g/mol. The van der Waals surface area contributed by atoms with Crippen LogP contribution >= 0.6 is 0 Å². The molecule has 0 amide bonds. The molecule has 0 fully saturated rings. The molecule has 5 rings (SSSR count). The molecule has 3 aromatic heterocycles. The number of benzene rings is 2. The Hall–Kier alpha value is -4.59. The van der Waals surface area contributed by atoms with Crippen LogP contribution in [-0.4, -0.2) is 36.5 Å². The summed E-state index contributed by atoms with van der Waals surface area (Å²) in [5.74, 6) is -1.02. The molecule has 8 nitrogen and oxygen atoms in total. The first-order chi connectivity index (χ1) is 16.6. The van der Waals surface area contributed by atoms with Crippen molar-refractivity contribution in [3.8, 4) is 11.3 Å². The van der Waals surface area contributed by atoms with E-state index in [1.54, 1.807) is 60.4 Å². The molecule has 168 valence electrons. The quantitative estimate of drug-likeness (QED) is 0.291. The third-order valence-electron chi connectivity index (χ3n) is 5.71. The van der Waals surface area contributed by atoms with Gasteiger partial charge in [-0.3, -0.25) is 19.3 Å². The van der Waals surface area contributed by atoms with E-state index in [0.29, 0.717) is 22.3 Å². The summed E-state index contributed by atoms with van der Waals surface area (Å²) in [6.07, 6.45) is 6.73. The van der Waals surface area contributed by atoms with Crippen molar-refractivity contribution in [2.45, 2.75) is 19.6 Å². The van der Waals surface area contributed by atoms with Crippen LogP contribution in [0.2, 0.25) is 0 Å². The van der Waals surface area contributed by atoms with Gasteiger partial charge in [0.05, 0.1) is 17.8 Å². The van der Waals surface area contributed by atoms with Gasteiger partial charge in [-0.1, -0.05) is 48.5 Å². The van der Waals surface area contributed by atoms with Crippen LogP contribution in [-0.2, 0) is 16.3 Å². The number of fused-ring (bicyclic) bond motifs is 1. The Kier molecular flexibility index (Phi) is 5.70. The summed E-state index contributed by atoms with van der Waals surface area (Å²) in [6, 6.07) is 18.0. The number of rotatable bonds is 7. The van der Waals surface area contributed by atoms with Gasteiger partial charge in [-0.2, -0.15) is 5.10 Å². The normalized spacial score (nSPS) is 11.9. The summed E-state index contributed by atoms with van der Waals surface area (Å²) in [7, 11) is 0. The Morgan fingerprint density at radius 2 is 1.85 bits per heavy atom. The Morgan fingerprint density at radius 1 is 1.03 bits per heavy atom. The minimum atomic E-state index is -0.540. The molecule has 0 spiro atoms. The van der Waals surface area contributed by atoms with Gasteiger partial charge in [0.15, 0.2) is 12.5 Å². The maximum atomic E-state index is 12.8. The molecule has 3 heterocycles. The zero-order chi connectivity index (χ0) is 23.5. The lowest BCUT2D eigenvalue weighted by Crippen LogP contribution is -2.16. The third kappa shape index (κ3) is 4.09. The second-order valence-corrected chi connectivity index (χ2v) is 7.87. The van der Waals surface area contributed by atoms with E-state index in [4.69, 9.17) is 4.74 Å². The number of hydrogen-bond donors (Lipinski definition) is 1. The molecule has 1 unspecified atom stereocenters. The highest BCUT2D eigenvalue weighted by atomic mass is 16.5. The van der Waals surface area contributed by atoms with E-state index in [1.807, 2.05) is 30.3 Å². The molecule has 8 heteroatoms. The average Bonchev–Trinajstić information content (AvgIpc) is 3.57. The van der Waals surface area contributed by atoms with E-state index in [1.165, 1.54) is 6.33 Å². The fourth-order valence-corrected chi connectivity index (χ4v) is 3.82. The molecule has 1 N–H and O–H groups in total. The van der Waals surface area contributed by atoms with Gasteiger partial charge in [-0.15, -0.1) is 0 Å².